The van der Waals surface area contributed by atoms with Crippen LogP contribution in [-0.4, -0.2) is 59.9 Å². The van der Waals surface area contributed by atoms with E-state index in [-0.39, 0.29) is 17.6 Å². The molecule has 6 aliphatic rings. The van der Waals surface area contributed by atoms with Crippen molar-refractivity contribution in [1.82, 2.24) is 0 Å². The number of aliphatic hydroxyl groups is 1. The number of rotatable bonds is 0. The minimum atomic E-state index is -0.247. The maximum absolute atomic E-state index is 14.1. The van der Waals surface area contributed by atoms with Gasteiger partial charge in [-0.05, 0) is 75.2 Å². The summed E-state index contributed by atoms with van der Waals surface area (Å²) in [6.07, 6.45) is 9.45. The lowest BCUT2D eigenvalue weighted by Crippen LogP contribution is -2.61. The number of fused-ring (bicyclic) bond motifs is 6. The van der Waals surface area contributed by atoms with E-state index >= 15 is 0 Å². The number of likely N-dealkylation sites (tertiary alicyclic amines) is 1. The van der Waals surface area contributed by atoms with Gasteiger partial charge < -0.3 is 14.3 Å². The van der Waals surface area contributed by atoms with Crippen LogP contribution in [0.5, 0.6) is 0 Å². The molecule has 2 heterocycles. The van der Waals surface area contributed by atoms with E-state index in [2.05, 4.69) is 40.9 Å². The van der Waals surface area contributed by atoms with Crippen LogP contribution >= 0.6 is 0 Å². The largest absolute Gasteiger partial charge is 0.393 e. The van der Waals surface area contributed by atoms with Crippen LogP contribution in [0.25, 0.3) is 0 Å². The highest BCUT2D eigenvalue weighted by atomic mass is 16.5. The molecule has 0 aromatic carbocycles. The van der Waals surface area contributed by atoms with Crippen molar-refractivity contribution in [3.63, 3.8) is 0 Å². The minimum Gasteiger partial charge on any atom is -0.393 e. The molecule has 0 amide bonds. The molecule has 1 spiro atoms. The average molecular weight is 441 g/mol. The van der Waals surface area contributed by atoms with Gasteiger partial charge in [-0.15, -0.1) is 0 Å². The molecular formula is C28H42NO3+. The zero-order valence-corrected chi connectivity index (χ0v) is 20.6. The van der Waals surface area contributed by atoms with Gasteiger partial charge in [-0.25, -0.2) is 0 Å². The number of Topliss-reactive ketones (excluding diaryl/α,β-unsaturated/α-hetero) is 1. The second-order valence-electron chi connectivity index (χ2n) is 12.9. The summed E-state index contributed by atoms with van der Waals surface area (Å²) in [6, 6.07) is 0.519. The molecule has 32 heavy (non-hydrogen) atoms. The number of quaternary nitrogens is 1. The Morgan fingerprint density at radius 3 is 2.72 bits per heavy atom. The average Bonchev–Trinajstić information content (AvgIpc) is 3.17. The Balaban J connectivity index is 1.37. The van der Waals surface area contributed by atoms with Crippen molar-refractivity contribution in [2.75, 3.05) is 20.6 Å². The number of carbonyl (C=O) groups excluding carboxylic acids is 1. The summed E-state index contributed by atoms with van der Waals surface area (Å²) < 4.78 is 8.12. The van der Waals surface area contributed by atoms with Gasteiger partial charge >= 0.3 is 0 Å². The highest BCUT2D eigenvalue weighted by molar-refractivity contribution is 6.02. The van der Waals surface area contributed by atoms with Crippen molar-refractivity contribution in [2.45, 2.75) is 89.6 Å². The van der Waals surface area contributed by atoms with E-state index in [4.69, 9.17) is 4.74 Å². The molecule has 2 saturated heterocycles. The SMILES string of the molecule is CC1=C2C(=O)[C@H]3[C@@H](CC=C4C[C@@H](O)CC[C@@H]43)[C@@H]2CC[C@]12O[C@@H]1C[C@H](C)C[N+](C)(C)[C@H]1[C@H]2C. The van der Waals surface area contributed by atoms with Crippen molar-refractivity contribution in [2.24, 2.45) is 35.5 Å². The molecule has 2 saturated carbocycles. The van der Waals surface area contributed by atoms with Gasteiger partial charge in [0.2, 0.25) is 0 Å². The molecule has 6 rings (SSSR count). The molecule has 1 N–H and O–H groups in total. The summed E-state index contributed by atoms with van der Waals surface area (Å²) in [5.74, 6) is 2.97. The first-order valence-corrected chi connectivity index (χ1v) is 13.3. The van der Waals surface area contributed by atoms with Gasteiger partial charge in [-0.1, -0.05) is 25.5 Å². The highest BCUT2D eigenvalue weighted by Gasteiger charge is 2.64. The van der Waals surface area contributed by atoms with Crippen molar-refractivity contribution < 1.29 is 19.1 Å². The highest BCUT2D eigenvalue weighted by Crippen LogP contribution is 2.61. The van der Waals surface area contributed by atoms with E-state index in [1.54, 1.807) is 0 Å². The molecule has 4 nitrogen and oxygen atoms in total. The quantitative estimate of drug-likeness (QED) is 0.452. The second-order valence-corrected chi connectivity index (χ2v) is 12.9. The molecule has 2 aliphatic heterocycles. The van der Waals surface area contributed by atoms with Gasteiger partial charge in [0.15, 0.2) is 5.78 Å². The zero-order valence-electron chi connectivity index (χ0n) is 20.6. The molecular weight excluding hydrogens is 398 g/mol. The smallest absolute Gasteiger partial charge is 0.163 e. The predicted molar refractivity (Wildman–Crippen MR) is 125 cm³/mol. The third-order valence-electron chi connectivity index (χ3n) is 10.8. The Morgan fingerprint density at radius 2 is 1.94 bits per heavy atom. The molecule has 176 valence electrons. The van der Waals surface area contributed by atoms with Crippen molar-refractivity contribution in [3.05, 3.63) is 22.8 Å². The van der Waals surface area contributed by atoms with Gasteiger partial charge in [0.1, 0.15) is 12.1 Å². The fourth-order valence-electron chi connectivity index (χ4n) is 9.84. The summed E-state index contributed by atoms with van der Waals surface area (Å²) in [7, 11) is 4.78. The molecule has 0 unspecified atom stereocenters. The van der Waals surface area contributed by atoms with Crippen molar-refractivity contribution in [3.8, 4) is 0 Å². The number of allylic oxidation sites excluding steroid dienone is 2. The Hall–Kier alpha value is -0.970. The number of nitrogens with zero attached hydrogens (tertiary/aromatic N) is 1. The fourth-order valence-corrected chi connectivity index (χ4v) is 9.84. The standard InChI is InChI=1S/C28H42NO3/c1-15-12-23-26(29(4,5)14-15)17(3)28(32-23)11-10-22-21-8-6-18-13-19(30)7-9-20(18)25(21)27(31)24(22)16(28)2/h6,15,17,19-23,25-26,30H,7-14H2,1-5H3/q+1/t15-,17+,19-,20-,21-,22-,23+,25+,26-,28-/m0/s1. The van der Waals surface area contributed by atoms with E-state index in [1.165, 1.54) is 17.7 Å². The number of ketones is 1. The van der Waals surface area contributed by atoms with Crippen LogP contribution in [0.4, 0.5) is 0 Å². The van der Waals surface area contributed by atoms with Crippen LogP contribution in [0.15, 0.2) is 22.8 Å². The first-order valence-electron chi connectivity index (χ1n) is 13.3. The number of hydrogen-bond donors (Lipinski definition) is 1. The van der Waals surface area contributed by atoms with Crippen LogP contribution in [0.1, 0.15) is 65.7 Å². The number of aliphatic hydroxyl groups excluding tert-OH is 1. The Labute approximate surface area is 193 Å². The number of carbonyl (C=O) groups is 1. The van der Waals surface area contributed by atoms with Crippen LogP contribution in [0.3, 0.4) is 0 Å². The predicted octanol–water partition coefficient (Wildman–Crippen LogP) is 4.28. The number of piperidine rings is 1. The summed E-state index contributed by atoms with van der Waals surface area (Å²) in [4.78, 5) is 14.1. The number of hydrogen-bond acceptors (Lipinski definition) is 3. The lowest BCUT2D eigenvalue weighted by molar-refractivity contribution is -0.927. The normalized spacial score (nSPS) is 51.8. The molecule has 0 aromatic heterocycles. The molecule has 0 bridgehead atoms. The third-order valence-corrected chi connectivity index (χ3v) is 10.8. The van der Waals surface area contributed by atoms with Crippen molar-refractivity contribution in [1.29, 1.82) is 0 Å². The molecule has 0 aromatic rings. The van der Waals surface area contributed by atoms with E-state index in [0.717, 1.165) is 55.0 Å². The van der Waals surface area contributed by atoms with Crippen molar-refractivity contribution >= 4 is 5.78 Å². The van der Waals surface area contributed by atoms with Gasteiger partial charge in [0.25, 0.3) is 0 Å². The van der Waals surface area contributed by atoms with E-state index in [9.17, 15) is 9.90 Å². The second kappa shape index (κ2) is 7.02. The molecule has 4 aliphatic carbocycles. The van der Waals surface area contributed by atoms with Gasteiger partial charge in [-0.2, -0.15) is 0 Å². The minimum absolute atomic E-state index is 0.152. The summed E-state index contributed by atoms with van der Waals surface area (Å²) in [5, 5.41) is 10.2. The van der Waals surface area contributed by atoms with Gasteiger partial charge in [0, 0.05) is 23.3 Å². The molecule has 4 heteroatoms. The molecule has 10 atom stereocenters. The maximum atomic E-state index is 14.1. The molecule has 4 fully saturated rings. The number of likely N-dealkylation sites (N-methyl/N-ethyl adjacent to an activating group) is 1. The third kappa shape index (κ3) is 2.75. The topological polar surface area (TPSA) is 46.5 Å². The van der Waals surface area contributed by atoms with Crippen LogP contribution in [0, 0.1) is 35.5 Å². The Kier molecular flexibility index (Phi) is 4.73. The van der Waals surface area contributed by atoms with Gasteiger partial charge in [0.05, 0.1) is 32.3 Å². The monoisotopic (exact) mass is 440 g/mol. The van der Waals surface area contributed by atoms with E-state index in [1.807, 2.05) is 0 Å². The van der Waals surface area contributed by atoms with E-state index < -0.39 is 0 Å². The first-order chi connectivity index (χ1) is 15.1. The summed E-state index contributed by atoms with van der Waals surface area (Å²) in [6.45, 7) is 8.26. The maximum Gasteiger partial charge on any atom is 0.163 e. The Morgan fingerprint density at radius 1 is 1.16 bits per heavy atom. The zero-order chi connectivity index (χ0) is 22.6. The summed E-state index contributed by atoms with van der Waals surface area (Å²) >= 11 is 0. The van der Waals surface area contributed by atoms with Crippen LogP contribution in [0.2, 0.25) is 0 Å². The lowest BCUT2D eigenvalue weighted by Gasteiger charge is -2.47. The summed E-state index contributed by atoms with van der Waals surface area (Å²) in [5.41, 5.74) is 3.58. The van der Waals surface area contributed by atoms with E-state index in [0.29, 0.717) is 47.5 Å². The van der Waals surface area contributed by atoms with Crippen LogP contribution in [-0.2, 0) is 9.53 Å². The van der Waals surface area contributed by atoms with Gasteiger partial charge in [-0.3, -0.25) is 4.79 Å². The lowest BCUT2D eigenvalue weighted by atomic mass is 9.64. The first kappa shape index (κ1) is 21.6. The fraction of sp³-hybridized carbons (Fsp3) is 0.821. The molecule has 0 radical (unpaired) electrons. The Bertz CT molecular complexity index is 902. The van der Waals surface area contributed by atoms with Crippen LogP contribution < -0.4 is 0 Å². The number of ether oxygens (including phenoxy) is 1.